The highest BCUT2D eigenvalue weighted by Crippen LogP contribution is 2.06. The Bertz CT molecular complexity index is 475. The Kier molecular flexibility index (Phi) is 6.62. The number of unbranched alkanes of at least 4 members (excludes halogenated alkanes) is 1. The molecule has 1 amide bonds. The fourth-order valence-electron chi connectivity index (χ4n) is 1.56. The lowest BCUT2D eigenvalue weighted by Crippen LogP contribution is -2.27. The summed E-state index contributed by atoms with van der Waals surface area (Å²) in [4.78, 5) is 17.9. The summed E-state index contributed by atoms with van der Waals surface area (Å²) in [5, 5.41) is 8.66. The van der Waals surface area contributed by atoms with Gasteiger partial charge in [-0.3, -0.25) is 9.78 Å². The predicted molar refractivity (Wildman–Crippen MR) is 74.7 cm³/mol. The molecule has 0 fully saturated rings. The number of nitrogens with zero attached hydrogens (tertiary/aromatic N) is 2. The van der Waals surface area contributed by atoms with Crippen LogP contribution in [0.5, 0.6) is 0 Å². The first-order valence-electron chi connectivity index (χ1n) is 6.49. The van der Waals surface area contributed by atoms with Gasteiger partial charge >= 0.3 is 0 Å². The average Bonchev–Trinajstić information content (AvgIpc) is 2.44. The van der Waals surface area contributed by atoms with Crippen molar-refractivity contribution in [3.05, 3.63) is 29.6 Å². The Labute approximate surface area is 114 Å². The van der Waals surface area contributed by atoms with Gasteiger partial charge in [0.15, 0.2) is 0 Å². The number of rotatable bonds is 5. The summed E-state index contributed by atoms with van der Waals surface area (Å²) in [6, 6.07) is 1.74. The smallest absolute Gasteiger partial charge is 0.255 e. The van der Waals surface area contributed by atoms with E-state index in [0.717, 1.165) is 19.4 Å². The van der Waals surface area contributed by atoms with Crippen LogP contribution >= 0.6 is 0 Å². The van der Waals surface area contributed by atoms with Crippen molar-refractivity contribution in [2.75, 3.05) is 20.2 Å². The number of amides is 1. The van der Waals surface area contributed by atoms with Gasteiger partial charge in [0.1, 0.15) is 0 Å². The van der Waals surface area contributed by atoms with E-state index in [1.54, 1.807) is 30.4 Å². The van der Waals surface area contributed by atoms with Crippen molar-refractivity contribution < 1.29 is 9.90 Å². The van der Waals surface area contributed by atoms with Gasteiger partial charge in [-0.1, -0.05) is 25.2 Å². The van der Waals surface area contributed by atoms with Crippen molar-refractivity contribution in [3.8, 4) is 11.8 Å². The molecule has 0 spiro atoms. The van der Waals surface area contributed by atoms with Gasteiger partial charge in [-0.15, -0.1) is 0 Å². The quantitative estimate of drug-likeness (QED) is 0.820. The van der Waals surface area contributed by atoms with Crippen LogP contribution in [0.25, 0.3) is 0 Å². The number of hydrogen-bond donors (Lipinski definition) is 1. The molecule has 0 aliphatic heterocycles. The minimum Gasteiger partial charge on any atom is -0.395 e. The van der Waals surface area contributed by atoms with Crippen LogP contribution in [0, 0.1) is 11.8 Å². The summed E-state index contributed by atoms with van der Waals surface area (Å²) in [5.41, 5.74) is 1.25. The van der Waals surface area contributed by atoms with E-state index < -0.39 is 0 Å². The molecule has 0 saturated carbocycles. The van der Waals surface area contributed by atoms with E-state index in [-0.39, 0.29) is 12.5 Å². The van der Waals surface area contributed by atoms with Gasteiger partial charge in [0.05, 0.1) is 12.2 Å². The first-order valence-corrected chi connectivity index (χ1v) is 6.49. The van der Waals surface area contributed by atoms with Gasteiger partial charge in [0.2, 0.25) is 0 Å². The third kappa shape index (κ3) is 5.11. The van der Waals surface area contributed by atoms with Crippen molar-refractivity contribution >= 4 is 5.91 Å². The van der Waals surface area contributed by atoms with Crippen LogP contribution in [0.4, 0.5) is 0 Å². The van der Waals surface area contributed by atoms with Crippen LogP contribution in [-0.2, 0) is 0 Å². The second kappa shape index (κ2) is 8.28. The normalized spacial score (nSPS) is 9.63. The number of pyridine rings is 1. The lowest BCUT2D eigenvalue weighted by atomic mass is 10.2. The molecule has 0 atom stereocenters. The molecule has 0 aliphatic carbocycles. The minimum atomic E-state index is -0.0354. The van der Waals surface area contributed by atoms with Crippen molar-refractivity contribution in [1.29, 1.82) is 0 Å². The first kappa shape index (κ1) is 15.2. The third-order valence-electron chi connectivity index (χ3n) is 2.65. The summed E-state index contributed by atoms with van der Waals surface area (Å²) in [7, 11) is 1.79. The SMILES string of the molecule is CCCCN(C)C(=O)c1cncc(C#CCCO)c1. The molecular formula is C15H20N2O2. The van der Waals surface area contributed by atoms with Crippen LogP contribution in [0.1, 0.15) is 42.1 Å². The number of carbonyl (C=O) groups is 1. The molecule has 1 N–H and O–H groups in total. The molecule has 0 saturated heterocycles. The third-order valence-corrected chi connectivity index (χ3v) is 2.65. The van der Waals surface area contributed by atoms with E-state index >= 15 is 0 Å². The molecular weight excluding hydrogens is 240 g/mol. The molecule has 0 unspecified atom stereocenters. The monoisotopic (exact) mass is 260 g/mol. The summed E-state index contributed by atoms with van der Waals surface area (Å²) in [5.74, 6) is 5.66. The summed E-state index contributed by atoms with van der Waals surface area (Å²) in [6.07, 6.45) is 5.65. The minimum absolute atomic E-state index is 0.0354. The second-order valence-electron chi connectivity index (χ2n) is 4.32. The van der Waals surface area contributed by atoms with E-state index in [9.17, 15) is 4.79 Å². The lowest BCUT2D eigenvalue weighted by molar-refractivity contribution is 0.0793. The van der Waals surface area contributed by atoms with Crippen LogP contribution in [0.2, 0.25) is 0 Å². The molecule has 0 aliphatic rings. The Morgan fingerprint density at radius 2 is 2.26 bits per heavy atom. The second-order valence-corrected chi connectivity index (χ2v) is 4.32. The maximum absolute atomic E-state index is 12.1. The molecule has 0 bridgehead atoms. The summed E-state index contributed by atoms with van der Waals surface area (Å²) >= 11 is 0. The fraction of sp³-hybridized carbons (Fsp3) is 0.467. The number of aliphatic hydroxyl groups excluding tert-OH is 1. The zero-order valence-electron chi connectivity index (χ0n) is 11.5. The highest BCUT2D eigenvalue weighted by atomic mass is 16.2. The van der Waals surface area contributed by atoms with E-state index in [2.05, 4.69) is 23.7 Å². The van der Waals surface area contributed by atoms with Gasteiger partial charge in [-0.05, 0) is 12.5 Å². The Balaban J connectivity index is 2.76. The van der Waals surface area contributed by atoms with E-state index in [1.807, 2.05) is 0 Å². The Hall–Kier alpha value is -1.86. The van der Waals surface area contributed by atoms with Gasteiger partial charge in [-0.25, -0.2) is 0 Å². The van der Waals surface area contributed by atoms with E-state index in [0.29, 0.717) is 17.5 Å². The van der Waals surface area contributed by atoms with Gasteiger partial charge in [0, 0.05) is 38.0 Å². The molecule has 1 rings (SSSR count). The van der Waals surface area contributed by atoms with Crippen LogP contribution in [0.3, 0.4) is 0 Å². The Morgan fingerprint density at radius 1 is 1.47 bits per heavy atom. The fourth-order valence-corrected chi connectivity index (χ4v) is 1.56. The van der Waals surface area contributed by atoms with Crippen LogP contribution < -0.4 is 0 Å². The van der Waals surface area contributed by atoms with Gasteiger partial charge in [-0.2, -0.15) is 0 Å². The molecule has 1 heterocycles. The highest BCUT2D eigenvalue weighted by molar-refractivity contribution is 5.94. The maximum atomic E-state index is 12.1. The van der Waals surface area contributed by atoms with Crippen molar-refractivity contribution in [2.24, 2.45) is 0 Å². The number of aliphatic hydroxyl groups is 1. The van der Waals surface area contributed by atoms with Gasteiger partial charge in [0.25, 0.3) is 5.91 Å². The first-order chi connectivity index (χ1) is 9.19. The molecule has 4 heteroatoms. The molecule has 102 valence electrons. The maximum Gasteiger partial charge on any atom is 0.255 e. The topological polar surface area (TPSA) is 53.4 Å². The van der Waals surface area contributed by atoms with E-state index in [4.69, 9.17) is 5.11 Å². The molecule has 0 aromatic carbocycles. The predicted octanol–water partition coefficient (Wildman–Crippen LogP) is 1.69. The number of aromatic nitrogens is 1. The zero-order chi connectivity index (χ0) is 14.1. The van der Waals surface area contributed by atoms with E-state index in [1.165, 1.54) is 0 Å². The number of hydrogen-bond acceptors (Lipinski definition) is 3. The standard InChI is InChI=1S/C15H20N2O2/c1-3-4-8-17(2)15(19)14-10-13(11-16-12-14)7-5-6-9-18/h10-12,18H,3-4,6,8-9H2,1-2H3. The molecule has 19 heavy (non-hydrogen) atoms. The zero-order valence-corrected chi connectivity index (χ0v) is 11.5. The van der Waals surface area contributed by atoms with Crippen molar-refractivity contribution in [3.63, 3.8) is 0 Å². The van der Waals surface area contributed by atoms with Crippen LogP contribution in [0.15, 0.2) is 18.5 Å². The average molecular weight is 260 g/mol. The Morgan fingerprint density at radius 3 is 2.95 bits per heavy atom. The lowest BCUT2D eigenvalue weighted by Gasteiger charge is -2.16. The van der Waals surface area contributed by atoms with Crippen molar-refractivity contribution in [2.45, 2.75) is 26.2 Å². The largest absolute Gasteiger partial charge is 0.395 e. The molecule has 0 radical (unpaired) electrons. The molecule has 1 aromatic heterocycles. The highest BCUT2D eigenvalue weighted by Gasteiger charge is 2.11. The number of carbonyl (C=O) groups excluding carboxylic acids is 1. The van der Waals surface area contributed by atoms with Gasteiger partial charge < -0.3 is 10.0 Å². The van der Waals surface area contributed by atoms with Crippen LogP contribution in [-0.4, -0.2) is 41.1 Å². The summed E-state index contributed by atoms with van der Waals surface area (Å²) < 4.78 is 0. The van der Waals surface area contributed by atoms with Crippen molar-refractivity contribution in [1.82, 2.24) is 9.88 Å². The summed E-state index contributed by atoms with van der Waals surface area (Å²) in [6.45, 7) is 2.88. The molecule has 4 nitrogen and oxygen atoms in total. The molecule has 1 aromatic rings.